The van der Waals surface area contributed by atoms with Gasteiger partial charge in [0.2, 0.25) is 5.89 Å². The van der Waals surface area contributed by atoms with E-state index in [1.807, 2.05) is 6.07 Å². The maximum atomic E-state index is 5.52. The molecule has 5 nitrogen and oxygen atoms in total. The van der Waals surface area contributed by atoms with E-state index in [4.69, 9.17) is 4.42 Å². The third-order valence-electron chi connectivity index (χ3n) is 3.10. The van der Waals surface area contributed by atoms with E-state index in [1.165, 1.54) is 5.56 Å². The molecule has 0 aliphatic heterocycles. The lowest BCUT2D eigenvalue weighted by molar-refractivity contribution is 0.476. The molecule has 20 heavy (non-hydrogen) atoms. The fraction of sp³-hybridized carbons (Fsp3) is 0.467. The molecule has 1 unspecified atom stereocenters. The molecule has 0 saturated carbocycles. The molecule has 0 bridgehead atoms. The van der Waals surface area contributed by atoms with Crippen LogP contribution >= 0.6 is 0 Å². The number of benzene rings is 1. The van der Waals surface area contributed by atoms with E-state index < -0.39 is 0 Å². The van der Waals surface area contributed by atoms with Crippen molar-refractivity contribution in [1.82, 2.24) is 15.5 Å². The van der Waals surface area contributed by atoms with Crippen LogP contribution in [-0.2, 0) is 6.54 Å². The summed E-state index contributed by atoms with van der Waals surface area (Å²) in [6.45, 7) is 6.64. The lowest BCUT2D eigenvalue weighted by Gasteiger charge is -2.11. The summed E-state index contributed by atoms with van der Waals surface area (Å²) in [4.78, 5) is 0. The molecule has 2 aromatic rings. The van der Waals surface area contributed by atoms with Gasteiger partial charge < -0.3 is 15.1 Å². The summed E-state index contributed by atoms with van der Waals surface area (Å²) < 4.78 is 5.52. The van der Waals surface area contributed by atoms with Gasteiger partial charge in [0.05, 0.1) is 6.54 Å². The van der Waals surface area contributed by atoms with Crippen LogP contribution in [0.5, 0.6) is 0 Å². The summed E-state index contributed by atoms with van der Waals surface area (Å²) in [5.41, 5.74) is 1.30. The first-order valence-corrected chi connectivity index (χ1v) is 7.11. The molecule has 1 aromatic carbocycles. The lowest BCUT2D eigenvalue weighted by atomic mass is 10.0. The van der Waals surface area contributed by atoms with Crippen molar-refractivity contribution < 1.29 is 4.42 Å². The minimum Gasteiger partial charge on any atom is -0.407 e. The smallest absolute Gasteiger partial charge is 0.315 e. The number of rotatable bonds is 8. The Labute approximate surface area is 119 Å². The van der Waals surface area contributed by atoms with E-state index in [1.54, 1.807) is 0 Å². The van der Waals surface area contributed by atoms with Gasteiger partial charge in [0, 0.05) is 6.54 Å². The third kappa shape index (κ3) is 4.35. The predicted octanol–water partition coefficient (Wildman–Crippen LogP) is 2.78. The number of nitrogens with one attached hydrogen (secondary N) is 2. The van der Waals surface area contributed by atoms with Gasteiger partial charge in [0.15, 0.2) is 0 Å². The summed E-state index contributed by atoms with van der Waals surface area (Å²) in [5.74, 6) is 1.01. The Morgan fingerprint density at radius 1 is 1.20 bits per heavy atom. The standard InChI is InChI=1S/C15H22N4O/c1-3-9-16-11-14-18-19-15(20-14)17-10-12(2)13-7-5-4-6-8-13/h4-8,12,16H,3,9-11H2,1-2H3,(H,17,19). The zero-order valence-electron chi connectivity index (χ0n) is 12.1. The molecule has 0 spiro atoms. The highest BCUT2D eigenvalue weighted by Gasteiger charge is 2.08. The average molecular weight is 274 g/mol. The normalized spacial score (nSPS) is 12.3. The van der Waals surface area contributed by atoms with Crippen molar-refractivity contribution in [1.29, 1.82) is 0 Å². The van der Waals surface area contributed by atoms with Crippen molar-refractivity contribution in [3.63, 3.8) is 0 Å². The van der Waals surface area contributed by atoms with Gasteiger partial charge in [-0.3, -0.25) is 0 Å². The Kier molecular flexibility index (Phi) is 5.55. The second kappa shape index (κ2) is 7.65. The number of nitrogens with zero attached hydrogens (tertiary/aromatic N) is 2. The van der Waals surface area contributed by atoms with Gasteiger partial charge in [0.25, 0.3) is 0 Å². The summed E-state index contributed by atoms with van der Waals surface area (Å²) in [7, 11) is 0. The number of anilines is 1. The second-order valence-electron chi connectivity index (χ2n) is 4.87. The van der Waals surface area contributed by atoms with Crippen molar-refractivity contribution in [2.24, 2.45) is 0 Å². The van der Waals surface area contributed by atoms with Crippen LogP contribution in [0.15, 0.2) is 34.7 Å². The SMILES string of the molecule is CCCNCc1nnc(NCC(C)c2ccccc2)o1. The van der Waals surface area contributed by atoms with Crippen LogP contribution in [-0.4, -0.2) is 23.3 Å². The van der Waals surface area contributed by atoms with Crippen LogP contribution < -0.4 is 10.6 Å². The molecule has 0 aliphatic carbocycles. The first-order valence-electron chi connectivity index (χ1n) is 7.11. The van der Waals surface area contributed by atoms with Crippen LogP contribution in [0.4, 0.5) is 6.01 Å². The largest absolute Gasteiger partial charge is 0.407 e. The van der Waals surface area contributed by atoms with Crippen LogP contribution in [0.2, 0.25) is 0 Å². The summed E-state index contributed by atoms with van der Waals surface area (Å²) in [6, 6.07) is 10.9. The Hall–Kier alpha value is -1.88. The van der Waals surface area contributed by atoms with Gasteiger partial charge in [-0.25, -0.2) is 0 Å². The molecule has 0 radical (unpaired) electrons. The zero-order chi connectivity index (χ0) is 14.2. The van der Waals surface area contributed by atoms with E-state index in [0.717, 1.165) is 19.5 Å². The van der Waals surface area contributed by atoms with Crippen molar-refractivity contribution in [3.05, 3.63) is 41.8 Å². The maximum absolute atomic E-state index is 5.52. The van der Waals surface area contributed by atoms with E-state index in [9.17, 15) is 0 Å². The highest BCUT2D eigenvalue weighted by atomic mass is 16.4. The van der Waals surface area contributed by atoms with Gasteiger partial charge in [-0.1, -0.05) is 49.3 Å². The fourth-order valence-electron chi connectivity index (χ4n) is 1.91. The molecule has 0 saturated heterocycles. The first kappa shape index (κ1) is 14.5. The number of hydrogen-bond donors (Lipinski definition) is 2. The van der Waals surface area contributed by atoms with E-state index in [0.29, 0.717) is 24.4 Å². The quantitative estimate of drug-likeness (QED) is 0.725. The highest BCUT2D eigenvalue weighted by molar-refractivity contribution is 5.23. The molecule has 5 heteroatoms. The Balaban J connectivity index is 1.79. The van der Waals surface area contributed by atoms with Crippen LogP contribution in [0.3, 0.4) is 0 Å². The molecular formula is C15H22N4O. The van der Waals surface area contributed by atoms with Crippen molar-refractivity contribution in [2.45, 2.75) is 32.7 Å². The van der Waals surface area contributed by atoms with E-state index >= 15 is 0 Å². The number of aromatic nitrogens is 2. The molecule has 0 fully saturated rings. The Bertz CT molecular complexity index is 498. The van der Waals surface area contributed by atoms with Crippen LogP contribution in [0, 0.1) is 0 Å². The van der Waals surface area contributed by atoms with Crippen molar-refractivity contribution >= 4 is 6.01 Å². The fourth-order valence-corrected chi connectivity index (χ4v) is 1.91. The Morgan fingerprint density at radius 3 is 2.75 bits per heavy atom. The van der Waals surface area contributed by atoms with Gasteiger partial charge in [-0.05, 0) is 24.4 Å². The van der Waals surface area contributed by atoms with E-state index in [-0.39, 0.29) is 0 Å². The highest BCUT2D eigenvalue weighted by Crippen LogP contribution is 2.15. The van der Waals surface area contributed by atoms with Gasteiger partial charge in [-0.2, -0.15) is 0 Å². The van der Waals surface area contributed by atoms with Crippen molar-refractivity contribution in [2.75, 3.05) is 18.4 Å². The van der Waals surface area contributed by atoms with Gasteiger partial charge >= 0.3 is 6.01 Å². The van der Waals surface area contributed by atoms with E-state index in [2.05, 4.69) is 58.9 Å². The third-order valence-corrected chi connectivity index (χ3v) is 3.10. The zero-order valence-corrected chi connectivity index (χ0v) is 12.1. The molecule has 2 N–H and O–H groups in total. The monoisotopic (exact) mass is 274 g/mol. The molecular weight excluding hydrogens is 252 g/mol. The van der Waals surface area contributed by atoms with Crippen LogP contribution in [0.25, 0.3) is 0 Å². The van der Waals surface area contributed by atoms with Crippen molar-refractivity contribution in [3.8, 4) is 0 Å². The summed E-state index contributed by atoms with van der Waals surface area (Å²) in [5, 5.41) is 14.4. The maximum Gasteiger partial charge on any atom is 0.315 e. The summed E-state index contributed by atoms with van der Waals surface area (Å²) >= 11 is 0. The lowest BCUT2D eigenvalue weighted by Crippen LogP contribution is -2.13. The van der Waals surface area contributed by atoms with Crippen LogP contribution in [0.1, 0.15) is 37.6 Å². The molecule has 1 atom stereocenters. The molecule has 1 aromatic heterocycles. The predicted molar refractivity (Wildman–Crippen MR) is 79.6 cm³/mol. The number of hydrogen-bond acceptors (Lipinski definition) is 5. The first-order chi connectivity index (χ1) is 9.79. The van der Waals surface area contributed by atoms with Gasteiger partial charge in [0.1, 0.15) is 0 Å². The Morgan fingerprint density at radius 2 is 2.00 bits per heavy atom. The average Bonchev–Trinajstić information content (AvgIpc) is 2.94. The minimum atomic E-state index is 0.393. The minimum absolute atomic E-state index is 0.393. The molecule has 2 rings (SSSR count). The topological polar surface area (TPSA) is 63.0 Å². The molecule has 108 valence electrons. The molecule has 0 aliphatic rings. The summed E-state index contributed by atoms with van der Waals surface area (Å²) in [6.07, 6.45) is 1.09. The van der Waals surface area contributed by atoms with Gasteiger partial charge in [-0.15, -0.1) is 5.10 Å². The second-order valence-corrected chi connectivity index (χ2v) is 4.87. The molecule has 1 heterocycles. The molecule has 0 amide bonds.